The fraction of sp³-hybridized carbons (Fsp3) is 0.364. The average Bonchev–Trinajstić information content (AvgIpc) is 2.55. The largest absolute Gasteiger partial charge is 0.467 e. The van der Waals surface area contributed by atoms with Gasteiger partial charge in [-0.2, -0.15) is 0 Å². The molecule has 2 rings (SSSR count). The molecule has 1 aliphatic heterocycles. The van der Waals surface area contributed by atoms with Crippen molar-refractivity contribution in [3.63, 3.8) is 0 Å². The molecule has 1 atom stereocenters. The van der Waals surface area contributed by atoms with E-state index in [0.717, 1.165) is 0 Å². The second-order valence-electron chi connectivity index (χ2n) is 4.08. The maximum atomic E-state index is 11.5. The van der Waals surface area contributed by atoms with E-state index in [0.29, 0.717) is 17.7 Å². The lowest BCUT2D eigenvalue weighted by Gasteiger charge is -2.20. The average molecular weight is 221 g/mol. The van der Waals surface area contributed by atoms with Gasteiger partial charge in [0.2, 0.25) is 11.6 Å². The summed E-state index contributed by atoms with van der Waals surface area (Å²) in [6, 6.07) is 0. The highest BCUT2D eigenvalue weighted by atomic mass is 16.5. The second kappa shape index (κ2) is 3.30. The van der Waals surface area contributed by atoms with Crippen molar-refractivity contribution in [2.45, 2.75) is 18.9 Å². The summed E-state index contributed by atoms with van der Waals surface area (Å²) < 4.78 is 4.67. The van der Waals surface area contributed by atoms with Crippen LogP contribution < -0.4 is 5.32 Å². The highest BCUT2D eigenvalue weighted by Crippen LogP contribution is 2.33. The Morgan fingerprint density at radius 3 is 2.62 bits per heavy atom. The van der Waals surface area contributed by atoms with Crippen molar-refractivity contribution in [1.82, 2.24) is 5.32 Å². The van der Waals surface area contributed by atoms with Gasteiger partial charge in [0.1, 0.15) is 5.54 Å². The molecular weight excluding hydrogens is 210 g/mol. The number of esters is 1. The molecule has 0 aromatic heterocycles. The van der Waals surface area contributed by atoms with Gasteiger partial charge in [-0.15, -0.1) is 0 Å². The lowest BCUT2D eigenvalue weighted by Crippen LogP contribution is -2.44. The molecule has 0 aromatic carbocycles. The van der Waals surface area contributed by atoms with Crippen LogP contribution in [0.25, 0.3) is 0 Å². The Morgan fingerprint density at radius 2 is 2.00 bits per heavy atom. The van der Waals surface area contributed by atoms with Crippen molar-refractivity contribution in [1.29, 1.82) is 0 Å². The summed E-state index contributed by atoms with van der Waals surface area (Å²) in [6.45, 7) is 1.67. The van der Waals surface area contributed by atoms with E-state index in [9.17, 15) is 14.4 Å². The van der Waals surface area contributed by atoms with Crippen molar-refractivity contribution in [3.05, 3.63) is 23.4 Å². The van der Waals surface area contributed by atoms with E-state index in [2.05, 4.69) is 10.1 Å². The van der Waals surface area contributed by atoms with Crippen molar-refractivity contribution in [2.75, 3.05) is 7.11 Å². The van der Waals surface area contributed by atoms with Crippen LogP contribution >= 0.6 is 0 Å². The van der Waals surface area contributed by atoms with E-state index < -0.39 is 23.1 Å². The van der Waals surface area contributed by atoms with E-state index in [1.54, 1.807) is 6.92 Å². The third-order valence-corrected chi connectivity index (χ3v) is 2.76. The number of hydrogen-bond donors (Lipinski definition) is 1. The molecular formula is C11H11NO4. The quantitative estimate of drug-likeness (QED) is 0.379. The molecule has 1 aliphatic carbocycles. The zero-order valence-electron chi connectivity index (χ0n) is 8.99. The van der Waals surface area contributed by atoms with Crippen molar-refractivity contribution < 1.29 is 19.1 Å². The molecule has 0 unspecified atom stereocenters. The highest BCUT2D eigenvalue weighted by Gasteiger charge is 2.43. The van der Waals surface area contributed by atoms with Crippen LogP contribution in [0, 0.1) is 0 Å². The normalized spacial score (nSPS) is 27.9. The van der Waals surface area contributed by atoms with Gasteiger partial charge in [0.15, 0.2) is 0 Å². The lowest BCUT2D eigenvalue weighted by atomic mass is 9.95. The first kappa shape index (κ1) is 10.6. The number of carbonyl (C=O) groups is 3. The minimum atomic E-state index is -0.892. The van der Waals surface area contributed by atoms with Crippen molar-refractivity contribution in [2.24, 2.45) is 0 Å². The number of carbonyl (C=O) groups excluding carboxylic acids is 3. The summed E-state index contributed by atoms with van der Waals surface area (Å²) in [5.74, 6) is -1.53. The van der Waals surface area contributed by atoms with Crippen LogP contribution in [0.4, 0.5) is 0 Å². The molecule has 16 heavy (non-hydrogen) atoms. The molecule has 1 heterocycles. The predicted molar refractivity (Wildman–Crippen MR) is 54.4 cm³/mol. The second-order valence-corrected chi connectivity index (χ2v) is 4.08. The zero-order chi connectivity index (χ0) is 11.9. The lowest BCUT2D eigenvalue weighted by molar-refractivity contribution is -0.147. The van der Waals surface area contributed by atoms with Crippen LogP contribution in [0.5, 0.6) is 0 Å². The van der Waals surface area contributed by atoms with Gasteiger partial charge in [-0.3, -0.25) is 9.59 Å². The van der Waals surface area contributed by atoms with Crippen LogP contribution in [0.3, 0.4) is 0 Å². The predicted octanol–water partition coefficient (Wildman–Crippen LogP) is -0.127. The molecule has 0 bridgehead atoms. The van der Waals surface area contributed by atoms with Crippen LogP contribution in [0.15, 0.2) is 23.4 Å². The fourth-order valence-corrected chi connectivity index (χ4v) is 1.94. The molecule has 1 N–H and O–H groups in total. The number of hydrogen-bond acceptors (Lipinski definition) is 5. The van der Waals surface area contributed by atoms with E-state index in [-0.39, 0.29) is 0 Å². The maximum Gasteiger partial charge on any atom is 0.331 e. The number of nitrogens with one attached hydrogen (secondary N) is 1. The Balaban J connectivity index is 2.35. The number of ether oxygens (including phenoxy) is 1. The summed E-state index contributed by atoms with van der Waals surface area (Å²) >= 11 is 0. The van der Waals surface area contributed by atoms with E-state index in [1.165, 1.54) is 19.3 Å². The summed E-state index contributed by atoms with van der Waals surface area (Å²) in [7, 11) is 1.30. The van der Waals surface area contributed by atoms with Crippen molar-refractivity contribution in [3.8, 4) is 0 Å². The molecule has 5 nitrogen and oxygen atoms in total. The highest BCUT2D eigenvalue weighted by molar-refractivity contribution is 6.46. The number of methoxy groups -OCH3 is 1. The Kier molecular flexibility index (Phi) is 2.18. The van der Waals surface area contributed by atoms with Gasteiger partial charge >= 0.3 is 5.97 Å². The summed E-state index contributed by atoms with van der Waals surface area (Å²) in [4.78, 5) is 33.9. The Labute approximate surface area is 92.1 Å². The van der Waals surface area contributed by atoms with Gasteiger partial charge in [0.05, 0.1) is 7.11 Å². The molecule has 0 amide bonds. The topological polar surface area (TPSA) is 72.5 Å². The summed E-state index contributed by atoms with van der Waals surface area (Å²) in [6.07, 6.45) is 2.86. The molecule has 1 fully saturated rings. The first-order valence-electron chi connectivity index (χ1n) is 4.84. The first-order valence-corrected chi connectivity index (χ1v) is 4.84. The SMILES string of the molecule is COC(=O)[C@@]1(C)CC2=CC(=O)C(=O)C=C2N1. The van der Waals surface area contributed by atoms with Gasteiger partial charge in [0, 0.05) is 18.2 Å². The van der Waals surface area contributed by atoms with Crippen molar-refractivity contribution >= 4 is 17.5 Å². The smallest absolute Gasteiger partial charge is 0.331 e. The molecule has 0 aromatic rings. The number of rotatable bonds is 1. The summed E-state index contributed by atoms with van der Waals surface area (Å²) in [5, 5.41) is 2.92. The molecule has 2 aliphatic rings. The monoisotopic (exact) mass is 221 g/mol. The van der Waals surface area contributed by atoms with Gasteiger partial charge in [-0.1, -0.05) is 0 Å². The standard InChI is InChI=1S/C11H11NO4/c1-11(10(15)16-2)5-6-3-8(13)9(14)4-7(6)12-11/h3-4,12H,5H2,1-2H3/t11-/m1/s1. The van der Waals surface area contributed by atoms with Gasteiger partial charge in [0.25, 0.3) is 0 Å². The van der Waals surface area contributed by atoms with Crippen LogP contribution in [-0.2, 0) is 19.1 Å². The molecule has 5 heteroatoms. The Bertz CT molecular complexity index is 427. The van der Waals surface area contributed by atoms with Gasteiger partial charge in [-0.25, -0.2) is 4.79 Å². The van der Waals surface area contributed by atoms with Crippen LogP contribution in [0.1, 0.15) is 13.3 Å². The molecule has 84 valence electrons. The minimum absolute atomic E-state index is 0.352. The molecule has 0 saturated carbocycles. The van der Waals surface area contributed by atoms with Crippen LogP contribution in [-0.4, -0.2) is 30.2 Å². The molecule has 1 saturated heterocycles. The van der Waals surface area contributed by atoms with E-state index in [4.69, 9.17) is 0 Å². The maximum absolute atomic E-state index is 11.5. The first-order chi connectivity index (χ1) is 7.46. The summed E-state index contributed by atoms with van der Waals surface area (Å²) in [5.41, 5.74) is 0.326. The third-order valence-electron chi connectivity index (χ3n) is 2.76. The minimum Gasteiger partial charge on any atom is -0.467 e. The molecule has 0 spiro atoms. The zero-order valence-corrected chi connectivity index (χ0v) is 8.99. The van der Waals surface area contributed by atoms with E-state index in [1.807, 2.05) is 0 Å². The molecule has 0 radical (unpaired) electrons. The van der Waals surface area contributed by atoms with E-state index >= 15 is 0 Å². The fourth-order valence-electron chi connectivity index (χ4n) is 1.94. The Morgan fingerprint density at radius 1 is 1.38 bits per heavy atom. The number of allylic oxidation sites excluding steroid dienone is 3. The number of ketones is 2. The Hall–Kier alpha value is -1.91. The number of fused-ring (bicyclic) bond motifs is 1. The van der Waals surface area contributed by atoms with Gasteiger partial charge in [-0.05, 0) is 18.6 Å². The van der Waals surface area contributed by atoms with Gasteiger partial charge < -0.3 is 10.1 Å². The van der Waals surface area contributed by atoms with Crippen LogP contribution in [0.2, 0.25) is 0 Å². The third kappa shape index (κ3) is 1.44.